The first-order valence-corrected chi connectivity index (χ1v) is 8.89. The zero-order valence-corrected chi connectivity index (χ0v) is 15.7. The summed E-state index contributed by atoms with van der Waals surface area (Å²) in [5.74, 6) is -0.0260. The highest BCUT2D eigenvalue weighted by Gasteiger charge is 2.18. The van der Waals surface area contributed by atoms with Crippen LogP contribution in [0.4, 0.5) is 11.6 Å². The van der Waals surface area contributed by atoms with E-state index < -0.39 is 12.1 Å². The highest BCUT2D eigenvalue weighted by atomic mass is 35.5. The summed E-state index contributed by atoms with van der Waals surface area (Å²) < 4.78 is 5.55. The molecule has 8 heteroatoms. The van der Waals surface area contributed by atoms with E-state index in [1.165, 1.54) is 0 Å². The van der Waals surface area contributed by atoms with Gasteiger partial charge in [-0.15, -0.1) is 10.2 Å². The minimum Gasteiger partial charge on any atom is -0.479 e. The van der Waals surface area contributed by atoms with Crippen molar-refractivity contribution in [2.75, 3.05) is 11.9 Å². The molecule has 2 aromatic carbocycles. The number of rotatable bonds is 7. The van der Waals surface area contributed by atoms with Crippen molar-refractivity contribution in [3.05, 3.63) is 47.5 Å². The molecule has 0 aliphatic heterocycles. The van der Waals surface area contributed by atoms with Crippen LogP contribution in [0.1, 0.15) is 19.8 Å². The van der Waals surface area contributed by atoms with Crippen LogP contribution in [0, 0.1) is 0 Å². The van der Waals surface area contributed by atoms with Gasteiger partial charge >= 0.3 is 5.97 Å². The maximum atomic E-state index is 11.2. The molecule has 1 unspecified atom stereocenters. The number of carboxylic acid groups (broad SMARTS) is 1. The first kappa shape index (κ1) is 18.8. The Kier molecular flexibility index (Phi) is 5.71. The van der Waals surface area contributed by atoms with E-state index in [2.05, 4.69) is 15.2 Å². The molecule has 3 rings (SSSR count). The van der Waals surface area contributed by atoms with Gasteiger partial charge in [-0.3, -0.25) is 0 Å². The molecule has 0 radical (unpaired) electrons. The number of halogens is 1. The minimum atomic E-state index is -0.964. The average Bonchev–Trinajstić information content (AvgIpc) is 2.67. The van der Waals surface area contributed by atoms with Crippen LogP contribution in [0.5, 0.6) is 5.75 Å². The summed E-state index contributed by atoms with van der Waals surface area (Å²) in [7, 11) is 1.83. The molecule has 7 nitrogen and oxygen atoms in total. The summed E-state index contributed by atoms with van der Waals surface area (Å²) in [6.45, 7) is 1.92. The second-order valence-electron chi connectivity index (χ2n) is 6.03. The maximum absolute atomic E-state index is 11.2. The maximum Gasteiger partial charge on any atom is 0.344 e. The number of hydrogen-bond donors (Lipinski definition) is 1. The minimum absolute atomic E-state index is 0.438. The van der Waals surface area contributed by atoms with Gasteiger partial charge in [-0.2, -0.15) is 0 Å². The third-order valence-electron chi connectivity index (χ3n) is 4.03. The molecule has 1 atom stereocenters. The van der Waals surface area contributed by atoms with Crippen molar-refractivity contribution >= 4 is 40.2 Å². The fourth-order valence-electron chi connectivity index (χ4n) is 2.57. The third-order valence-corrected chi connectivity index (χ3v) is 4.27. The molecule has 0 amide bonds. The quantitative estimate of drug-likeness (QED) is 0.654. The zero-order valence-electron chi connectivity index (χ0n) is 15.0. The molecule has 0 saturated carbocycles. The van der Waals surface area contributed by atoms with Crippen molar-refractivity contribution in [2.24, 2.45) is 0 Å². The Labute approximate surface area is 161 Å². The van der Waals surface area contributed by atoms with Crippen LogP contribution in [0.3, 0.4) is 0 Å². The number of anilines is 2. The van der Waals surface area contributed by atoms with E-state index in [-0.39, 0.29) is 0 Å². The molecule has 0 saturated heterocycles. The smallest absolute Gasteiger partial charge is 0.344 e. The molecular weight excluding hydrogens is 368 g/mol. The van der Waals surface area contributed by atoms with E-state index in [1.807, 2.05) is 26.1 Å². The number of ether oxygens (including phenoxy) is 1. The number of hydrogen-bond acceptors (Lipinski definition) is 6. The summed E-state index contributed by atoms with van der Waals surface area (Å²) in [5.41, 5.74) is 2.14. The molecule has 140 valence electrons. The number of benzene rings is 2. The number of nitrogens with zero attached hydrogens (tertiary/aromatic N) is 4. The normalized spacial score (nSPS) is 12.0. The molecule has 3 aromatic rings. The first-order valence-electron chi connectivity index (χ1n) is 8.51. The number of aromatic nitrogens is 3. The lowest BCUT2D eigenvalue weighted by Gasteiger charge is -2.18. The van der Waals surface area contributed by atoms with Crippen LogP contribution in [-0.2, 0) is 4.79 Å². The molecular formula is C19H19ClN4O3. The Hall–Kier alpha value is -2.93. The Balaban J connectivity index is 1.78. The van der Waals surface area contributed by atoms with Gasteiger partial charge in [0.1, 0.15) is 11.3 Å². The van der Waals surface area contributed by atoms with E-state index in [0.29, 0.717) is 34.2 Å². The first-order chi connectivity index (χ1) is 13.0. The molecule has 1 heterocycles. The standard InChI is InChI=1S/C19H19ClN4O3/c1-3-4-17(18(25)26)27-14-8-6-13(7-9-14)24(2)19-21-15-10-5-12(20)11-16(15)22-23-19/h5-11,17H,3-4H2,1-2H3,(H,25,26). The number of fused-ring (bicyclic) bond motifs is 1. The highest BCUT2D eigenvalue weighted by Crippen LogP contribution is 2.25. The van der Waals surface area contributed by atoms with Crippen molar-refractivity contribution in [1.29, 1.82) is 0 Å². The van der Waals surface area contributed by atoms with Crippen LogP contribution in [0.15, 0.2) is 42.5 Å². The summed E-state index contributed by atoms with van der Waals surface area (Å²) >= 11 is 5.95. The summed E-state index contributed by atoms with van der Waals surface area (Å²) in [6.07, 6.45) is 0.339. The van der Waals surface area contributed by atoms with Gasteiger partial charge in [0.2, 0.25) is 5.95 Å². The van der Waals surface area contributed by atoms with E-state index in [4.69, 9.17) is 16.3 Å². The zero-order chi connectivity index (χ0) is 19.4. The fraction of sp³-hybridized carbons (Fsp3) is 0.263. The fourth-order valence-corrected chi connectivity index (χ4v) is 2.73. The predicted octanol–water partition coefficient (Wildman–Crippen LogP) is 4.08. The van der Waals surface area contributed by atoms with Crippen LogP contribution in [-0.4, -0.2) is 39.4 Å². The second kappa shape index (κ2) is 8.18. The molecule has 0 spiro atoms. The topological polar surface area (TPSA) is 88.4 Å². The summed E-state index contributed by atoms with van der Waals surface area (Å²) in [5, 5.41) is 18.1. The monoisotopic (exact) mass is 386 g/mol. The number of aliphatic carboxylic acids is 1. The average molecular weight is 387 g/mol. The van der Waals surface area contributed by atoms with Crippen LogP contribution in [0.25, 0.3) is 11.0 Å². The van der Waals surface area contributed by atoms with E-state index in [9.17, 15) is 9.90 Å². The van der Waals surface area contributed by atoms with Crippen LogP contribution in [0.2, 0.25) is 5.02 Å². The lowest BCUT2D eigenvalue weighted by Crippen LogP contribution is -2.26. The van der Waals surface area contributed by atoms with E-state index in [1.54, 1.807) is 35.2 Å². The number of carboxylic acids is 1. The Morgan fingerprint density at radius 3 is 2.59 bits per heavy atom. The molecule has 1 N–H and O–H groups in total. The molecule has 0 aliphatic rings. The van der Waals surface area contributed by atoms with Gasteiger partial charge in [-0.25, -0.2) is 9.78 Å². The van der Waals surface area contributed by atoms with Gasteiger partial charge in [-0.1, -0.05) is 24.9 Å². The number of carbonyl (C=O) groups is 1. The SMILES string of the molecule is CCCC(Oc1ccc(N(C)c2nnc3cc(Cl)ccc3n2)cc1)C(=O)O. The third kappa shape index (κ3) is 4.43. The van der Waals surface area contributed by atoms with Gasteiger partial charge in [0, 0.05) is 17.8 Å². The van der Waals surface area contributed by atoms with Gasteiger partial charge in [0.25, 0.3) is 0 Å². The van der Waals surface area contributed by atoms with Crippen molar-refractivity contribution < 1.29 is 14.6 Å². The van der Waals surface area contributed by atoms with Gasteiger partial charge in [0.15, 0.2) is 6.10 Å². The molecule has 0 fully saturated rings. The highest BCUT2D eigenvalue weighted by molar-refractivity contribution is 6.31. The van der Waals surface area contributed by atoms with Crippen LogP contribution < -0.4 is 9.64 Å². The van der Waals surface area contributed by atoms with Gasteiger partial charge < -0.3 is 14.7 Å². The summed E-state index contributed by atoms with van der Waals surface area (Å²) in [6, 6.07) is 12.3. The Bertz CT molecular complexity index is 949. The van der Waals surface area contributed by atoms with Crippen LogP contribution >= 0.6 is 11.6 Å². The Morgan fingerprint density at radius 2 is 1.93 bits per heavy atom. The van der Waals surface area contributed by atoms with Gasteiger partial charge in [0.05, 0.1) is 5.52 Å². The lowest BCUT2D eigenvalue weighted by molar-refractivity contribution is -0.145. The molecule has 1 aromatic heterocycles. The second-order valence-corrected chi connectivity index (χ2v) is 6.47. The van der Waals surface area contributed by atoms with Gasteiger partial charge in [-0.05, 0) is 48.9 Å². The lowest BCUT2D eigenvalue weighted by atomic mass is 10.2. The largest absolute Gasteiger partial charge is 0.479 e. The van der Waals surface area contributed by atoms with Crippen molar-refractivity contribution in [3.8, 4) is 5.75 Å². The predicted molar refractivity (Wildman–Crippen MR) is 104 cm³/mol. The molecule has 0 bridgehead atoms. The Morgan fingerprint density at radius 1 is 1.19 bits per heavy atom. The van der Waals surface area contributed by atoms with Crippen molar-refractivity contribution in [2.45, 2.75) is 25.9 Å². The molecule has 0 aliphatic carbocycles. The van der Waals surface area contributed by atoms with Crippen molar-refractivity contribution in [1.82, 2.24) is 15.2 Å². The van der Waals surface area contributed by atoms with E-state index in [0.717, 1.165) is 12.1 Å². The summed E-state index contributed by atoms with van der Waals surface area (Å²) in [4.78, 5) is 17.5. The van der Waals surface area contributed by atoms with Crippen molar-refractivity contribution in [3.63, 3.8) is 0 Å². The molecule has 27 heavy (non-hydrogen) atoms. The van der Waals surface area contributed by atoms with E-state index >= 15 is 0 Å².